The van der Waals surface area contributed by atoms with Crippen molar-refractivity contribution in [3.05, 3.63) is 41.0 Å². The summed E-state index contributed by atoms with van der Waals surface area (Å²) in [4.78, 5) is 19.6. The highest BCUT2D eigenvalue weighted by atomic mass is 35.5. The van der Waals surface area contributed by atoms with Crippen molar-refractivity contribution in [1.29, 1.82) is 0 Å². The number of ketones is 1. The first kappa shape index (κ1) is 13.5. The summed E-state index contributed by atoms with van der Waals surface area (Å²) < 4.78 is 0. The van der Waals surface area contributed by atoms with Crippen molar-refractivity contribution >= 4 is 51.1 Å². The number of nitrogens with one attached hydrogen (secondary N) is 1. The summed E-state index contributed by atoms with van der Waals surface area (Å²) >= 11 is 7.53. The Morgan fingerprint density at radius 3 is 2.95 bits per heavy atom. The van der Waals surface area contributed by atoms with Gasteiger partial charge < -0.3 is 4.98 Å². The highest BCUT2D eigenvalue weighted by Gasteiger charge is 2.10. The fourth-order valence-corrected chi connectivity index (χ4v) is 2.91. The van der Waals surface area contributed by atoms with Crippen molar-refractivity contribution in [2.24, 2.45) is 0 Å². The molecule has 3 aromatic rings. The second kappa shape index (κ2) is 5.46. The fraction of sp³-hybridized carbons (Fsp3) is 0.200. The number of hydrogen-bond acceptors (Lipinski definition) is 3. The molecular formula is C15H13ClN2OS. The van der Waals surface area contributed by atoms with Crippen molar-refractivity contribution in [2.75, 3.05) is 11.5 Å². The molecule has 20 heavy (non-hydrogen) atoms. The molecule has 2 heterocycles. The van der Waals surface area contributed by atoms with Crippen LogP contribution in [0.5, 0.6) is 0 Å². The molecule has 3 nitrogen and oxygen atoms in total. The van der Waals surface area contributed by atoms with Crippen LogP contribution >= 0.6 is 23.4 Å². The normalized spacial score (nSPS) is 11.3. The number of aromatic nitrogens is 2. The smallest absolute Gasteiger partial charge is 0.172 e. The third kappa shape index (κ3) is 2.41. The molecule has 0 unspecified atom stereocenters. The van der Waals surface area contributed by atoms with E-state index >= 15 is 0 Å². The predicted octanol–water partition coefficient (Wildman–Crippen LogP) is 4.31. The maximum absolute atomic E-state index is 12.1. The van der Waals surface area contributed by atoms with E-state index in [1.54, 1.807) is 17.8 Å². The monoisotopic (exact) mass is 304 g/mol. The molecule has 0 saturated heterocycles. The van der Waals surface area contributed by atoms with Crippen LogP contribution in [0.15, 0.2) is 30.3 Å². The van der Waals surface area contributed by atoms with Gasteiger partial charge in [-0.1, -0.05) is 18.5 Å². The molecule has 0 spiro atoms. The van der Waals surface area contributed by atoms with Crippen molar-refractivity contribution in [3.63, 3.8) is 0 Å². The number of rotatable bonds is 4. The second-order valence-electron chi connectivity index (χ2n) is 4.48. The molecular weight excluding hydrogens is 292 g/mol. The maximum Gasteiger partial charge on any atom is 0.172 e. The predicted molar refractivity (Wildman–Crippen MR) is 85.9 cm³/mol. The Balaban J connectivity index is 2.10. The number of halogens is 1. The Labute approximate surface area is 125 Å². The first-order valence-corrected chi connectivity index (χ1v) is 7.91. The molecule has 2 aromatic heterocycles. The van der Waals surface area contributed by atoms with Crippen LogP contribution in [0.2, 0.25) is 5.15 Å². The zero-order valence-electron chi connectivity index (χ0n) is 10.9. The highest BCUT2D eigenvalue weighted by Crippen LogP contribution is 2.26. The lowest BCUT2D eigenvalue weighted by atomic mass is 10.1. The number of fused-ring (bicyclic) bond motifs is 3. The van der Waals surface area contributed by atoms with Gasteiger partial charge in [0.25, 0.3) is 0 Å². The van der Waals surface area contributed by atoms with Crippen LogP contribution in [0.25, 0.3) is 21.9 Å². The SMILES string of the molecule is CCSCC(=O)c1ccc2[nH]c3nc(Cl)ccc3c2c1. The number of nitrogens with zero attached hydrogens (tertiary/aromatic N) is 1. The average molecular weight is 305 g/mol. The number of thioether (sulfide) groups is 1. The van der Waals surface area contributed by atoms with E-state index in [9.17, 15) is 4.79 Å². The largest absolute Gasteiger partial charge is 0.339 e. The minimum atomic E-state index is 0.162. The minimum absolute atomic E-state index is 0.162. The zero-order valence-corrected chi connectivity index (χ0v) is 12.5. The number of pyridine rings is 1. The van der Waals surface area contributed by atoms with Gasteiger partial charge in [-0.05, 0) is 36.1 Å². The molecule has 1 N–H and O–H groups in total. The van der Waals surface area contributed by atoms with Gasteiger partial charge in [0.1, 0.15) is 10.8 Å². The van der Waals surface area contributed by atoms with Crippen molar-refractivity contribution in [2.45, 2.75) is 6.92 Å². The molecule has 1 aromatic carbocycles. The minimum Gasteiger partial charge on any atom is -0.339 e. The fourth-order valence-electron chi connectivity index (χ4n) is 2.20. The Morgan fingerprint density at radius 2 is 2.15 bits per heavy atom. The zero-order chi connectivity index (χ0) is 14.1. The molecule has 5 heteroatoms. The van der Waals surface area contributed by atoms with Crippen LogP contribution in [0.3, 0.4) is 0 Å². The summed E-state index contributed by atoms with van der Waals surface area (Å²) in [7, 11) is 0. The Bertz CT molecular complexity index is 797. The van der Waals surface area contributed by atoms with Crippen molar-refractivity contribution in [1.82, 2.24) is 9.97 Å². The van der Waals surface area contributed by atoms with Gasteiger partial charge in [-0.2, -0.15) is 11.8 Å². The lowest BCUT2D eigenvalue weighted by Gasteiger charge is -2.00. The number of carbonyl (C=O) groups excluding carboxylic acids is 1. The van der Waals surface area contributed by atoms with E-state index in [0.717, 1.165) is 33.3 Å². The molecule has 0 bridgehead atoms. The number of hydrogen-bond donors (Lipinski definition) is 1. The summed E-state index contributed by atoms with van der Waals surface area (Å²) in [6, 6.07) is 9.41. The van der Waals surface area contributed by atoms with Crippen molar-refractivity contribution in [3.8, 4) is 0 Å². The molecule has 0 saturated carbocycles. The Morgan fingerprint density at radius 1 is 1.30 bits per heavy atom. The topological polar surface area (TPSA) is 45.8 Å². The quantitative estimate of drug-likeness (QED) is 0.577. The summed E-state index contributed by atoms with van der Waals surface area (Å²) in [6.07, 6.45) is 0. The third-order valence-corrected chi connectivity index (χ3v) is 4.27. The van der Waals surface area contributed by atoms with E-state index in [1.807, 2.05) is 24.3 Å². The molecule has 0 aliphatic heterocycles. The average Bonchev–Trinajstić information content (AvgIpc) is 2.81. The van der Waals surface area contributed by atoms with Gasteiger partial charge in [-0.15, -0.1) is 0 Å². The van der Waals surface area contributed by atoms with Gasteiger partial charge in [-0.25, -0.2) is 4.98 Å². The summed E-state index contributed by atoms with van der Waals surface area (Å²) in [5, 5.41) is 2.46. The Kier molecular flexibility index (Phi) is 3.68. The molecule has 0 aliphatic rings. The van der Waals surface area contributed by atoms with Crippen LogP contribution in [0, 0.1) is 0 Å². The first-order chi connectivity index (χ1) is 9.69. The lowest BCUT2D eigenvalue weighted by Crippen LogP contribution is -2.02. The van der Waals surface area contributed by atoms with Crippen LogP contribution in [-0.2, 0) is 0 Å². The van der Waals surface area contributed by atoms with Crippen molar-refractivity contribution < 1.29 is 4.79 Å². The summed E-state index contributed by atoms with van der Waals surface area (Å²) in [5.74, 6) is 1.63. The van der Waals surface area contributed by atoms with E-state index in [4.69, 9.17) is 11.6 Å². The van der Waals surface area contributed by atoms with E-state index < -0.39 is 0 Å². The number of aromatic amines is 1. The van der Waals surface area contributed by atoms with Crippen LogP contribution < -0.4 is 0 Å². The van der Waals surface area contributed by atoms with E-state index in [0.29, 0.717) is 10.9 Å². The molecule has 102 valence electrons. The van der Waals surface area contributed by atoms with Gasteiger partial charge in [0, 0.05) is 21.9 Å². The van der Waals surface area contributed by atoms with Crippen LogP contribution in [0.4, 0.5) is 0 Å². The standard InChI is InChI=1S/C15H13ClN2OS/c1-2-20-8-13(19)9-3-5-12-11(7-9)10-4-6-14(16)18-15(10)17-12/h3-7H,2,8H2,1H3,(H,17,18). The van der Waals surface area contributed by atoms with Gasteiger partial charge >= 0.3 is 0 Å². The molecule has 0 aliphatic carbocycles. The first-order valence-electron chi connectivity index (χ1n) is 6.38. The number of Topliss-reactive ketones (excluding diaryl/α,β-unsaturated/α-hetero) is 1. The summed E-state index contributed by atoms with van der Waals surface area (Å²) in [6.45, 7) is 2.05. The molecule has 0 atom stereocenters. The highest BCUT2D eigenvalue weighted by molar-refractivity contribution is 7.99. The molecule has 0 fully saturated rings. The number of benzene rings is 1. The van der Waals surface area contributed by atoms with Crippen LogP contribution in [0.1, 0.15) is 17.3 Å². The maximum atomic E-state index is 12.1. The number of H-pyrrole nitrogens is 1. The van der Waals surface area contributed by atoms with Gasteiger partial charge in [-0.3, -0.25) is 4.79 Å². The van der Waals surface area contributed by atoms with Gasteiger partial charge in [0.05, 0.1) is 5.75 Å². The van der Waals surface area contributed by atoms with Gasteiger partial charge in [0.15, 0.2) is 5.78 Å². The lowest BCUT2D eigenvalue weighted by molar-refractivity contribution is 0.102. The molecule has 0 amide bonds. The number of carbonyl (C=O) groups is 1. The van der Waals surface area contributed by atoms with E-state index in [2.05, 4.69) is 16.9 Å². The Hall–Kier alpha value is -1.52. The molecule has 3 rings (SSSR count). The van der Waals surface area contributed by atoms with E-state index in [-0.39, 0.29) is 5.78 Å². The van der Waals surface area contributed by atoms with Gasteiger partial charge in [0.2, 0.25) is 0 Å². The molecule has 0 radical (unpaired) electrons. The summed E-state index contributed by atoms with van der Waals surface area (Å²) in [5.41, 5.74) is 2.46. The third-order valence-electron chi connectivity index (χ3n) is 3.18. The second-order valence-corrected chi connectivity index (χ2v) is 6.14. The van der Waals surface area contributed by atoms with E-state index in [1.165, 1.54) is 0 Å². The van der Waals surface area contributed by atoms with Crippen LogP contribution in [-0.4, -0.2) is 27.3 Å².